The molecule has 2 aliphatic carbocycles. The molecule has 2 aromatic rings. The van der Waals surface area contributed by atoms with Crippen LogP contribution in [0.25, 0.3) is 0 Å². The normalized spacial score (nSPS) is 23.6. The summed E-state index contributed by atoms with van der Waals surface area (Å²) in [4.78, 5) is 25.5. The number of allylic oxidation sites excluding steroid dienone is 3. The van der Waals surface area contributed by atoms with Gasteiger partial charge < -0.3 is 19.5 Å². The molecule has 2 heterocycles. The summed E-state index contributed by atoms with van der Waals surface area (Å²) in [6.45, 7) is 2.14. The Bertz CT molecular complexity index is 1120. The summed E-state index contributed by atoms with van der Waals surface area (Å²) in [6.07, 6.45) is 6.37. The van der Waals surface area contributed by atoms with Gasteiger partial charge in [0.05, 0.1) is 32.7 Å². The summed E-state index contributed by atoms with van der Waals surface area (Å²) in [5.41, 5.74) is -0.0977. The number of nitrogens with one attached hydrogen (secondary N) is 1. The number of nitrogens with zero attached hydrogens (tertiary/aromatic N) is 3. The van der Waals surface area contributed by atoms with Crippen molar-refractivity contribution in [2.75, 3.05) is 26.1 Å². The fourth-order valence-corrected chi connectivity index (χ4v) is 4.32. The predicted molar refractivity (Wildman–Crippen MR) is 119 cm³/mol. The third kappa shape index (κ3) is 5.06. The number of ether oxygens (including phenoxy) is 3. The zero-order valence-corrected chi connectivity index (χ0v) is 19.2. The van der Waals surface area contributed by atoms with E-state index in [-0.39, 0.29) is 43.1 Å². The van der Waals surface area contributed by atoms with Gasteiger partial charge >= 0.3 is 0 Å². The first-order valence-electron chi connectivity index (χ1n) is 10.8. The van der Waals surface area contributed by atoms with Gasteiger partial charge in [0, 0.05) is 30.9 Å². The number of amides is 1. The number of anilines is 1. The van der Waals surface area contributed by atoms with Gasteiger partial charge in [-0.05, 0) is 37.5 Å². The molecule has 0 saturated heterocycles. The molecule has 1 saturated carbocycles. The first kappa shape index (κ1) is 23.7. The Balaban J connectivity index is 1.57. The quantitative estimate of drug-likeness (QED) is 0.592. The molecular formula is C24H26F2N4O4. The molecule has 1 amide bonds. The highest BCUT2D eigenvalue weighted by molar-refractivity contribution is 5.94. The van der Waals surface area contributed by atoms with Crippen LogP contribution in [0.5, 0.6) is 5.75 Å². The standard InChI is InChI=1S/C24H26F2N4O4/c1-14-27-11-21(20(29-14)12-32-2)34-13-24(15-6-17(26)8-18(7-15)33-3)9-19(24)23(31)30-22-5-4-16(25)10-28-22/h4-5,7-8,10-11,15,19H,6,9,12-13H2,1-3H3,(H,28,30,31)/t15?,19-,24+/m0/s1. The van der Waals surface area contributed by atoms with Gasteiger partial charge in [-0.2, -0.15) is 0 Å². The SMILES string of the molecule is COCc1nc(C)ncc1OC[C@@]1(C2C=C(OC)C=C(F)C2)C[C@H]1C(=O)Nc1ccc(F)cn1. The molecule has 10 heteroatoms. The molecule has 3 atom stereocenters. The van der Waals surface area contributed by atoms with Crippen molar-refractivity contribution >= 4 is 11.7 Å². The van der Waals surface area contributed by atoms with Crippen molar-refractivity contribution in [2.45, 2.75) is 26.4 Å². The van der Waals surface area contributed by atoms with Crippen LogP contribution in [0.2, 0.25) is 0 Å². The number of hydrogen-bond donors (Lipinski definition) is 1. The van der Waals surface area contributed by atoms with Gasteiger partial charge in [-0.15, -0.1) is 0 Å². The lowest BCUT2D eigenvalue weighted by Gasteiger charge is -2.28. The van der Waals surface area contributed by atoms with Crippen molar-refractivity contribution in [3.8, 4) is 5.75 Å². The lowest BCUT2D eigenvalue weighted by Crippen LogP contribution is -2.30. The Kier molecular flexibility index (Phi) is 6.87. The number of rotatable bonds is 9. The molecule has 1 unspecified atom stereocenters. The summed E-state index contributed by atoms with van der Waals surface area (Å²) >= 11 is 0. The van der Waals surface area contributed by atoms with Crippen molar-refractivity contribution in [3.63, 3.8) is 0 Å². The van der Waals surface area contributed by atoms with E-state index in [9.17, 15) is 13.6 Å². The van der Waals surface area contributed by atoms with E-state index in [4.69, 9.17) is 14.2 Å². The second-order valence-corrected chi connectivity index (χ2v) is 8.47. The Hall–Kier alpha value is -3.40. The molecular weight excluding hydrogens is 446 g/mol. The lowest BCUT2D eigenvalue weighted by molar-refractivity contribution is -0.118. The summed E-state index contributed by atoms with van der Waals surface area (Å²) in [6, 6.07) is 2.61. The van der Waals surface area contributed by atoms with E-state index in [1.807, 2.05) is 6.08 Å². The molecule has 0 spiro atoms. The van der Waals surface area contributed by atoms with E-state index >= 15 is 0 Å². The van der Waals surface area contributed by atoms with Crippen LogP contribution in [0, 0.1) is 30.0 Å². The Morgan fingerprint density at radius 3 is 2.76 bits per heavy atom. The molecule has 0 bridgehead atoms. The molecule has 180 valence electrons. The number of carbonyl (C=O) groups excluding carboxylic acids is 1. The maximum absolute atomic E-state index is 14.4. The summed E-state index contributed by atoms with van der Waals surface area (Å²) in [5, 5.41) is 2.72. The summed E-state index contributed by atoms with van der Waals surface area (Å²) in [7, 11) is 3.03. The van der Waals surface area contributed by atoms with E-state index < -0.39 is 17.2 Å². The van der Waals surface area contributed by atoms with E-state index in [2.05, 4.69) is 20.3 Å². The number of aryl methyl sites for hydroxylation is 1. The van der Waals surface area contributed by atoms with Crippen LogP contribution in [0.15, 0.2) is 48.3 Å². The smallest absolute Gasteiger partial charge is 0.229 e. The fourth-order valence-electron chi connectivity index (χ4n) is 4.32. The van der Waals surface area contributed by atoms with E-state index in [0.717, 1.165) is 6.20 Å². The third-order valence-corrected chi connectivity index (χ3v) is 6.19. The zero-order valence-electron chi connectivity index (χ0n) is 19.2. The summed E-state index contributed by atoms with van der Waals surface area (Å²) in [5.74, 6) is -0.249. The number of hydrogen-bond acceptors (Lipinski definition) is 7. The Labute approximate surface area is 196 Å². The molecule has 8 nitrogen and oxygen atoms in total. The topological polar surface area (TPSA) is 95.5 Å². The minimum Gasteiger partial charge on any atom is -0.497 e. The second kappa shape index (κ2) is 9.84. The maximum Gasteiger partial charge on any atom is 0.229 e. The number of aromatic nitrogens is 3. The minimum absolute atomic E-state index is 0.129. The molecule has 0 radical (unpaired) electrons. The van der Waals surface area contributed by atoms with Crippen molar-refractivity contribution in [1.29, 1.82) is 0 Å². The molecule has 1 fully saturated rings. The van der Waals surface area contributed by atoms with Gasteiger partial charge in [0.15, 0.2) is 5.75 Å². The van der Waals surface area contributed by atoms with Crippen LogP contribution in [0.1, 0.15) is 24.4 Å². The van der Waals surface area contributed by atoms with E-state index in [0.29, 0.717) is 29.4 Å². The first-order valence-corrected chi connectivity index (χ1v) is 10.8. The molecule has 34 heavy (non-hydrogen) atoms. The van der Waals surface area contributed by atoms with Gasteiger partial charge in [-0.3, -0.25) is 4.79 Å². The lowest BCUT2D eigenvalue weighted by atomic mass is 9.81. The van der Waals surface area contributed by atoms with Gasteiger partial charge in [-0.1, -0.05) is 0 Å². The molecule has 0 aliphatic heterocycles. The van der Waals surface area contributed by atoms with Crippen molar-refractivity contribution in [3.05, 3.63) is 65.6 Å². The molecule has 4 rings (SSSR count). The number of pyridine rings is 1. The molecule has 0 aromatic carbocycles. The van der Waals surface area contributed by atoms with Crippen LogP contribution >= 0.6 is 0 Å². The largest absolute Gasteiger partial charge is 0.497 e. The van der Waals surface area contributed by atoms with Crippen LogP contribution < -0.4 is 10.1 Å². The average Bonchev–Trinajstić information content (AvgIpc) is 3.56. The van der Waals surface area contributed by atoms with E-state index in [1.165, 1.54) is 25.3 Å². The minimum atomic E-state index is -0.686. The summed E-state index contributed by atoms with van der Waals surface area (Å²) < 4.78 is 44.2. The predicted octanol–water partition coefficient (Wildman–Crippen LogP) is 3.89. The number of halogens is 2. The van der Waals surface area contributed by atoms with E-state index in [1.54, 1.807) is 20.2 Å². The molecule has 2 aromatic heterocycles. The van der Waals surface area contributed by atoms with Crippen LogP contribution in [-0.2, 0) is 20.9 Å². The highest BCUT2D eigenvalue weighted by atomic mass is 19.1. The van der Waals surface area contributed by atoms with Crippen LogP contribution in [-0.4, -0.2) is 41.7 Å². The second-order valence-electron chi connectivity index (χ2n) is 8.47. The average molecular weight is 472 g/mol. The van der Waals surface area contributed by atoms with Crippen molar-refractivity contribution in [2.24, 2.45) is 17.3 Å². The highest BCUT2D eigenvalue weighted by Crippen LogP contribution is 2.61. The van der Waals surface area contributed by atoms with Gasteiger partial charge in [0.1, 0.15) is 34.7 Å². The van der Waals surface area contributed by atoms with Gasteiger partial charge in [0.25, 0.3) is 0 Å². The number of carbonyl (C=O) groups is 1. The van der Waals surface area contributed by atoms with Crippen LogP contribution in [0.4, 0.5) is 14.6 Å². The maximum atomic E-state index is 14.4. The third-order valence-electron chi connectivity index (χ3n) is 6.19. The first-order chi connectivity index (χ1) is 16.3. The zero-order chi connectivity index (χ0) is 24.3. The van der Waals surface area contributed by atoms with Gasteiger partial charge in [-0.25, -0.2) is 23.7 Å². The number of methoxy groups -OCH3 is 2. The monoisotopic (exact) mass is 472 g/mol. The molecule has 1 N–H and O–H groups in total. The highest BCUT2D eigenvalue weighted by Gasteiger charge is 2.63. The Morgan fingerprint density at radius 2 is 2.06 bits per heavy atom. The van der Waals surface area contributed by atoms with Gasteiger partial charge in [0.2, 0.25) is 5.91 Å². The van der Waals surface area contributed by atoms with Crippen LogP contribution in [0.3, 0.4) is 0 Å². The fraction of sp³-hybridized carbons (Fsp3) is 0.417. The Morgan fingerprint density at radius 1 is 1.24 bits per heavy atom. The van der Waals surface area contributed by atoms with Crippen molar-refractivity contribution < 1.29 is 27.8 Å². The molecule has 2 aliphatic rings. The van der Waals surface area contributed by atoms with Crippen molar-refractivity contribution in [1.82, 2.24) is 15.0 Å².